The van der Waals surface area contributed by atoms with E-state index in [9.17, 15) is 19.1 Å². The Labute approximate surface area is 190 Å². The van der Waals surface area contributed by atoms with Crippen LogP contribution in [0.2, 0.25) is 0 Å². The molecule has 0 spiro atoms. The molecule has 1 aromatic heterocycles. The maximum Gasteiger partial charge on any atom is 0.292 e. The summed E-state index contributed by atoms with van der Waals surface area (Å²) in [5, 5.41) is 14.2. The fourth-order valence-electron chi connectivity index (χ4n) is 3.91. The van der Waals surface area contributed by atoms with Gasteiger partial charge in [0, 0.05) is 29.9 Å². The SMILES string of the molecule is CC(C)n1ccc2ccc(C(=O)C(=O)N[C@H](CN)[C@H](O)c3cc(F)c4c(c3)OCCO4)cc21. The lowest BCUT2D eigenvalue weighted by atomic mass is 10.0. The number of fused-ring (bicyclic) bond motifs is 2. The Morgan fingerprint density at radius 3 is 2.67 bits per heavy atom. The molecule has 33 heavy (non-hydrogen) atoms. The fraction of sp³-hybridized carbons (Fsp3) is 0.333. The lowest BCUT2D eigenvalue weighted by Crippen LogP contribution is -2.47. The third-order valence-corrected chi connectivity index (χ3v) is 5.66. The number of amides is 1. The van der Waals surface area contributed by atoms with Crippen molar-refractivity contribution < 1.29 is 28.6 Å². The van der Waals surface area contributed by atoms with E-state index >= 15 is 0 Å². The van der Waals surface area contributed by atoms with Crippen molar-refractivity contribution in [3.8, 4) is 11.5 Å². The summed E-state index contributed by atoms with van der Waals surface area (Å²) >= 11 is 0. The molecular formula is C24H26FN3O5. The van der Waals surface area contributed by atoms with Gasteiger partial charge in [0.15, 0.2) is 17.3 Å². The first-order valence-corrected chi connectivity index (χ1v) is 10.7. The molecule has 1 aliphatic rings. The summed E-state index contributed by atoms with van der Waals surface area (Å²) in [5.41, 5.74) is 6.96. The standard InChI is InChI=1S/C24H26FN3O5/c1-13(2)28-6-5-14-3-4-15(10-19(14)28)22(30)24(31)27-18(12-26)21(29)16-9-17(25)23-20(11-16)32-7-8-33-23/h3-6,9-11,13,18,21,29H,7-8,12,26H2,1-2H3,(H,27,31)/t18-,21-/m1/s1. The summed E-state index contributed by atoms with van der Waals surface area (Å²) in [6, 6.07) is 8.67. The van der Waals surface area contributed by atoms with Crippen LogP contribution in [0.1, 0.15) is 41.9 Å². The van der Waals surface area contributed by atoms with Crippen LogP contribution in [0.3, 0.4) is 0 Å². The average Bonchev–Trinajstić information content (AvgIpc) is 3.25. The molecule has 9 heteroatoms. The zero-order valence-electron chi connectivity index (χ0n) is 18.4. The Morgan fingerprint density at radius 1 is 1.18 bits per heavy atom. The average molecular weight is 455 g/mol. The predicted molar refractivity (Wildman–Crippen MR) is 120 cm³/mol. The minimum Gasteiger partial charge on any atom is -0.486 e. The van der Waals surface area contributed by atoms with E-state index in [1.165, 1.54) is 6.07 Å². The maximum absolute atomic E-state index is 14.4. The molecule has 174 valence electrons. The first kappa shape index (κ1) is 22.8. The molecule has 0 bridgehead atoms. The van der Waals surface area contributed by atoms with Crippen molar-refractivity contribution in [2.45, 2.75) is 32.0 Å². The number of hydrogen-bond acceptors (Lipinski definition) is 6. The smallest absolute Gasteiger partial charge is 0.292 e. The number of halogens is 1. The van der Waals surface area contributed by atoms with E-state index in [0.717, 1.165) is 17.0 Å². The van der Waals surface area contributed by atoms with Crippen LogP contribution in [0, 0.1) is 5.82 Å². The number of Topliss-reactive ketones (excluding diaryl/α,β-unsaturated/α-hetero) is 1. The summed E-state index contributed by atoms with van der Waals surface area (Å²) in [6.07, 6.45) is 0.564. The minimum absolute atomic E-state index is 0.0257. The third kappa shape index (κ3) is 4.42. The minimum atomic E-state index is -1.36. The van der Waals surface area contributed by atoms with Crippen molar-refractivity contribution in [1.82, 2.24) is 9.88 Å². The number of nitrogens with two attached hydrogens (primary N) is 1. The van der Waals surface area contributed by atoms with E-state index in [1.807, 2.05) is 30.7 Å². The number of nitrogens with zero attached hydrogens (tertiary/aromatic N) is 1. The quantitative estimate of drug-likeness (QED) is 0.372. The summed E-state index contributed by atoms with van der Waals surface area (Å²) < 4.78 is 27.0. The summed E-state index contributed by atoms with van der Waals surface area (Å²) in [6.45, 7) is 4.35. The molecule has 0 fully saturated rings. The van der Waals surface area contributed by atoms with Crippen molar-refractivity contribution in [2.75, 3.05) is 19.8 Å². The number of carbonyl (C=O) groups excluding carboxylic acids is 2. The summed E-state index contributed by atoms with van der Waals surface area (Å²) in [5.74, 6) is -2.23. The van der Waals surface area contributed by atoms with Crippen LogP contribution < -0.4 is 20.5 Å². The number of benzene rings is 2. The zero-order chi connectivity index (χ0) is 23.7. The number of hydrogen-bond donors (Lipinski definition) is 3. The van der Waals surface area contributed by atoms with Gasteiger partial charge in [0.25, 0.3) is 5.91 Å². The van der Waals surface area contributed by atoms with Gasteiger partial charge in [0.1, 0.15) is 19.3 Å². The van der Waals surface area contributed by atoms with Crippen LogP contribution >= 0.6 is 0 Å². The van der Waals surface area contributed by atoms with Crippen LogP contribution in [0.5, 0.6) is 11.5 Å². The van der Waals surface area contributed by atoms with E-state index in [4.69, 9.17) is 15.2 Å². The molecule has 0 unspecified atom stereocenters. The fourth-order valence-corrected chi connectivity index (χ4v) is 3.91. The Morgan fingerprint density at radius 2 is 1.94 bits per heavy atom. The van der Waals surface area contributed by atoms with E-state index < -0.39 is 29.7 Å². The lowest BCUT2D eigenvalue weighted by molar-refractivity contribution is -0.118. The third-order valence-electron chi connectivity index (χ3n) is 5.66. The molecular weight excluding hydrogens is 429 g/mol. The van der Waals surface area contributed by atoms with Crippen LogP contribution in [-0.4, -0.2) is 47.2 Å². The first-order chi connectivity index (χ1) is 15.8. The van der Waals surface area contributed by atoms with Crippen LogP contribution in [-0.2, 0) is 4.79 Å². The topological polar surface area (TPSA) is 116 Å². The second kappa shape index (κ2) is 9.21. The summed E-state index contributed by atoms with van der Waals surface area (Å²) in [7, 11) is 0. The highest BCUT2D eigenvalue weighted by atomic mass is 19.1. The van der Waals surface area contributed by atoms with Gasteiger partial charge in [-0.1, -0.05) is 12.1 Å². The van der Waals surface area contributed by atoms with Crippen LogP contribution in [0.25, 0.3) is 10.9 Å². The predicted octanol–water partition coefficient (Wildman–Crippen LogP) is 2.49. The number of aromatic nitrogens is 1. The molecule has 2 atom stereocenters. The normalized spacial score (nSPS) is 14.8. The lowest BCUT2D eigenvalue weighted by Gasteiger charge is -2.25. The molecule has 0 saturated carbocycles. The molecule has 4 rings (SSSR count). The van der Waals surface area contributed by atoms with Gasteiger partial charge in [0.2, 0.25) is 5.78 Å². The molecule has 0 saturated heterocycles. The van der Waals surface area contributed by atoms with Gasteiger partial charge < -0.3 is 30.2 Å². The number of ether oxygens (including phenoxy) is 2. The Bertz CT molecular complexity index is 1210. The number of aliphatic hydroxyl groups is 1. The number of nitrogens with one attached hydrogen (secondary N) is 1. The molecule has 1 amide bonds. The van der Waals surface area contributed by atoms with Gasteiger partial charge in [-0.3, -0.25) is 9.59 Å². The van der Waals surface area contributed by atoms with Gasteiger partial charge >= 0.3 is 0 Å². The highest BCUT2D eigenvalue weighted by molar-refractivity contribution is 6.43. The highest BCUT2D eigenvalue weighted by Gasteiger charge is 2.28. The van der Waals surface area contributed by atoms with Crippen LogP contribution in [0.4, 0.5) is 4.39 Å². The Kier molecular flexibility index (Phi) is 6.35. The molecule has 3 aromatic rings. The second-order valence-electron chi connectivity index (χ2n) is 8.21. The van der Waals surface area contributed by atoms with Crippen molar-refractivity contribution in [2.24, 2.45) is 5.73 Å². The van der Waals surface area contributed by atoms with Crippen LogP contribution in [0.15, 0.2) is 42.6 Å². The number of ketones is 1. The number of rotatable bonds is 7. The number of aliphatic hydroxyl groups excluding tert-OH is 1. The van der Waals surface area contributed by atoms with Gasteiger partial charge in [-0.15, -0.1) is 0 Å². The number of carbonyl (C=O) groups is 2. The monoisotopic (exact) mass is 455 g/mol. The van der Waals surface area contributed by atoms with E-state index in [-0.39, 0.29) is 48.4 Å². The summed E-state index contributed by atoms with van der Waals surface area (Å²) in [4.78, 5) is 25.5. The molecule has 2 aromatic carbocycles. The molecule has 0 radical (unpaired) electrons. The van der Waals surface area contributed by atoms with Crippen molar-refractivity contribution >= 4 is 22.6 Å². The van der Waals surface area contributed by atoms with E-state index in [1.54, 1.807) is 18.2 Å². The molecule has 0 aliphatic carbocycles. The molecule has 8 nitrogen and oxygen atoms in total. The van der Waals surface area contributed by atoms with Gasteiger partial charge in [-0.05, 0) is 49.1 Å². The van der Waals surface area contributed by atoms with Crippen molar-refractivity contribution in [3.05, 3.63) is 59.5 Å². The largest absolute Gasteiger partial charge is 0.486 e. The Hall–Kier alpha value is -3.43. The molecule has 2 heterocycles. The zero-order valence-corrected chi connectivity index (χ0v) is 18.4. The Balaban J connectivity index is 1.53. The van der Waals surface area contributed by atoms with E-state index in [2.05, 4.69) is 5.32 Å². The molecule has 4 N–H and O–H groups in total. The second-order valence-corrected chi connectivity index (χ2v) is 8.21. The van der Waals surface area contributed by atoms with Crippen molar-refractivity contribution in [1.29, 1.82) is 0 Å². The van der Waals surface area contributed by atoms with Gasteiger partial charge in [-0.25, -0.2) is 4.39 Å². The van der Waals surface area contributed by atoms with Crippen molar-refractivity contribution in [3.63, 3.8) is 0 Å². The van der Waals surface area contributed by atoms with E-state index in [0.29, 0.717) is 0 Å². The first-order valence-electron chi connectivity index (χ1n) is 10.7. The maximum atomic E-state index is 14.4. The highest BCUT2D eigenvalue weighted by Crippen LogP contribution is 2.36. The van der Waals surface area contributed by atoms with Gasteiger partial charge in [-0.2, -0.15) is 0 Å². The molecule has 1 aliphatic heterocycles. The van der Waals surface area contributed by atoms with Gasteiger partial charge in [0.05, 0.1) is 6.04 Å².